The molecule has 0 aliphatic carbocycles. The van der Waals surface area contributed by atoms with Gasteiger partial charge in [-0.2, -0.15) is 0 Å². The van der Waals surface area contributed by atoms with Gasteiger partial charge in [-0.05, 0) is 0 Å². The van der Waals surface area contributed by atoms with Gasteiger partial charge in [0.2, 0.25) is 5.96 Å². The molecule has 0 saturated carbocycles. The summed E-state index contributed by atoms with van der Waals surface area (Å²) in [6.07, 6.45) is -0.233. The van der Waals surface area contributed by atoms with Crippen molar-refractivity contribution in [3.63, 3.8) is 0 Å². The minimum absolute atomic E-state index is 0.119. The van der Waals surface area contributed by atoms with E-state index in [2.05, 4.69) is 0 Å². The first-order valence-electron chi connectivity index (χ1n) is 3.80. The Morgan fingerprint density at radius 3 is 2.54 bits per heavy atom. The van der Waals surface area contributed by atoms with Crippen LogP contribution < -0.4 is 5.84 Å². The maximum Gasteiger partial charge on any atom is 0.327 e. The van der Waals surface area contributed by atoms with Crippen molar-refractivity contribution in [3.05, 3.63) is 0 Å². The lowest BCUT2D eigenvalue weighted by Crippen LogP contribution is -2.38. The van der Waals surface area contributed by atoms with Crippen molar-refractivity contribution in [2.75, 3.05) is 25.8 Å². The number of guanidine groups is 1. The molecule has 1 aliphatic rings. The predicted octanol–water partition coefficient (Wildman–Crippen LogP) is -1.41. The second-order valence-corrected chi connectivity index (χ2v) is 4.67. The normalized spacial score (nSPS) is 18.5. The van der Waals surface area contributed by atoms with Gasteiger partial charge in [0.05, 0.1) is 12.7 Å². The number of nitrogens with zero attached hydrogens (tertiary/aromatic N) is 2. The monoisotopic (exact) mass is 208 g/mol. The van der Waals surface area contributed by atoms with E-state index in [0.29, 0.717) is 13.1 Å². The van der Waals surface area contributed by atoms with Crippen LogP contribution in [0.3, 0.4) is 0 Å². The third kappa shape index (κ3) is 2.96. The van der Waals surface area contributed by atoms with Crippen LogP contribution in [0.25, 0.3) is 0 Å². The highest BCUT2D eigenvalue weighted by atomic mass is 31.2. The van der Waals surface area contributed by atoms with Crippen molar-refractivity contribution in [2.45, 2.75) is 0 Å². The minimum Gasteiger partial charge on any atom is -0.339 e. The Labute approximate surface area is 75.8 Å². The number of nitrogens with two attached hydrogens (primary N) is 1. The fourth-order valence-corrected chi connectivity index (χ4v) is 1.59. The van der Waals surface area contributed by atoms with Crippen LogP contribution in [0.5, 0.6) is 0 Å². The molecular formula is C5H13N4O3P. The second kappa shape index (κ2) is 3.63. The van der Waals surface area contributed by atoms with Gasteiger partial charge in [0.15, 0.2) is 0 Å². The molecule has 0 atom stereocenters. The van der Waals surface area contributed by atoms with E-state index in [4.69, 9.17) is 21.0 Å². The van der Waals surface area contributed by atoms with Gasteiger partial charge in [0.1, 0.15) is 0 Å². The van der Waals surface area contributed by atoms with Crippen LogP contribution in [0.2, 0.25) is 0 Å². The van der Waals surface area contributed by atoms with E-state index >= 15 is 0 Å². The van der Waals surface area contributed by atoms with Gasteiger partial charge in [-0.25, -0.2) is 5.84 Å². The summed E-state index contributed by atoms with van der Waals surface area (Å²) in [7, 11) is -3.96. The number of nitrogens with one attached hydrogen (secondary N) is 1. The highest BCUT2D eigenvalue weighted by molar-refractivity contribution is 7.51. The Kier molecular flexibility index (Phi) is 2.92. The quantitative estimate of drug-likeness (QED) is 0.334. The molecule has 1 aliphatic heterocycles. The molecule has 0 unspecified atom stereocenters. The molecule has 7 nitrogen and oxygen atoms in total. The molecule has 1 saturated heterocycles. The van der Waals surface area contributed by atoms with Crippen molar-refractivity contribution < 1.29 is 14.4 Å². The Morgan fingerprint density at radius 2 is 2.15 bits per heavy atom. The molecule has 0 radical (unpaired) electrons. The first-order valence-corrected chi connectivity index (χ1v) is 5.60. The van der Waals surface area contributed by atoms with Gasteiger partial charge < -0.3 is 14.7 Å². The highest BCUT2D eigenvalue weighted by Crippen LogP contribution is 2.33. The summed E-state index contributed by atoms with van der Waals surface area (Å²) in [6, 6.07) is 0. The van der Waals surface area contributed by atoms with E-state index in [1.165, 1.54) is 5.01 Å². The first kappa shape index (κ1) is 10.5. The van der Waals surface area contributed by atoms with Crippen molar-refractivity contribution >= 4 is 13.6 Å². The van der Waals surface area contributed by atoms with Gasteiger partial charge >= 0.3 is 7.60 Å². The molecule has 0 amide bonds. The Hall–Kier alpha value is -0.620. The van der Waals surface area contributed by atoms with E-state index in [-0.39, 0.29) is 18.7 Å². The van der Waals surface area contributed by atoms with Crippen LogP contribution in [0.15, 0.2) is 0 Å². The summed E-state index contributed by atoms with van der Waals surface area (Å²) in [6.45, 7) is 1.26. The Morgan fingerprint density at radius 1 is 1.54 bits per heavy atom. The molecule has 1 fully saturated rings. The van der Waals surface area contributed by atoms with E-state index in [1.54, 1.807) is 4.90 Å². The third-order valence-corrected chi connectivity index (χ3v) is 2.63. The van der Waals surface area contributed by atoms with Gasteiger partial charge in [-0.3, -0.25) is 15.0 Å². The molecule has 5 N–H and O–H groups in total. The Bertz CT molecular complexity index is 252. The number of rotatable bonds is 3. The van der Waals surface area contributed by atoms with E-state index in [0.717, 1.165) is 0 Å². The van der Waals surface area contributed by atoms with Gasteiger partial charge in [0, 0.05) is 13.1 Å². The lowest BCUT2D eigenvalue weighted by molar-refractivity contribution is 0.363. The molecule has 0 aromatic rings. The van der Waals surface area contributed by atoms with Crippen molar-refractivity contribution in [1.82, 2.24) is 9.91 Å². The fraction of sp³-hybridized carbons (Fsp3) is 0.800. The molecular weight excluding hydrogens is 195 g/mol. The average molecular weight is 208 g/mol. The van der Waals surface area contributed by atoms with Gasteiger partial charge in [0.25, 0.3) is 0 Å². The summed E-state index contributed by atoms with van der Waals surface area (Å²) in [5.74, 6) is 5.50. The third-order valence-electron chi connectivity index (χ3n) is 1.84. The molecule has 0 aromatic carbocycles. The second-order valence-electron chi connectivity index (χ2n) is 2.89. The summed E-state index contributed by atoms with van der Waals surface area (Å²) in [5.41, 5.74) is 0. The smallest absolute Gasteiger partial charge is 0.327 e. The summed E-state index contributed by atoms with van der Waals surface area (Å²) in [4.78, 5) is 18.7. The molecule has 76 valence electrons. The molecule has 8 heteroatoms. The summed E-state index contributed by atoms with van der Waals surface area (Å²) in [5, 5.41) is 8.64. The summed E-state index contributed by atoms with van der Waals surface area (Å²) >= 11 is 0. The standard InChI is InChI=1S/C5H13N4O3P/c6-5-8(1-2-9(5)7)3-4-13(10,11)12/h6H,1-4,7H2,(H2,10,11,12). The largest absolute Gasteiger partial charge is 0.339 e. The molecule has 13 heavy (non-hydrogen) atoms. The number of hydrogen-bond acceptors (Lipinski definition) is 3. The minimum atomic E-state index is -3.96. The van der Waals surface area contributed by atoms with Crippen LogP contribution in [-0.4, -0.2) is 51.5 Å². The highest BCUT2D eigenvalue weighted by Gasteiger charge is 2.24. The van der Waals surface area contributed by atoms with E-state index in [9.17, 15) is 4.57 Å². The van der Waals surface area contributed by atoms with Crippen LogP contribution in [0.4, 0.5) is 0 Å². The van der Waals surface area contributed by atoms with Gasteiger partial charge in [-0.15, -0.1) is 0 Å². The first-order chi connectivity index (χ1) is 5.90. The molecule has 1 heterocycles. The van der Waals surface area contributed by atoms with Crippen LogP contribution in [0.1, 0.15) is 0 Å². The lowest BCUT2D eigenvalue weighted by atomic mass is 10.6. The lowest BCUT2D eigenvalue weighted by Gasteiger charge is -2.18. The zero-order valence-corrected chi connectivity index (χ0v) is 7.94. The topological polar surface area (TPSA) is 114 Å². The molecule has 0 spiro atoms. The fourth-order valence-electron chi connectivity index (χ4n) is 1.09. The van der Waals surface area contributed by atoms with Crippen LogP contribution in [-0.2, 0) is 4.57 Å². The zero-order chi connectivity index (χ0) is 10.1. The SMILES string of the molecule is N=C1N(N)CCN1CCP(=O)(O)O. The van der Waals surface area contributed by atoms with E-state index < -0.39 is 7.60 Å². The van der Waals surface area contributed by atoms with Crippen molar-refractivity contribution in [3.8, 4) is 0 Å². The number of hydrogen-bond donors (Lipinski definition) is 4. The van der Waals surface area contributed by atoms with Crippen LogP contribution >= 0.6 is 7.60 Å². The predicted molar refractivity (Wildman–Crippen MR) is 47.1 cm³/mol. The van der Waals surface area contributed by atoms with Crippen molar-refractivity contribution in [2.24, 2.45) is 5.84 Å². The van der Waals surface area contributed by atoms with E-state index in [1.807, 2.05) is 0 Å². The molecule has 1 rings (SSSR count). The van der Waals surface area contributed by atoms with Gasteiger partial charge in [-0.1, -0.05) is 0 Å². The maximum absolute atomic E-state index is 10.5. The maximum atomic E-state index is 10.5. The Balaban J connectivity index is 2.39. The number of hydrazine groups is 1. The zero-order valence-electron chi connectivity index (χ0n) is 7.05. The average Bonchev–Trinajstić information content (AvgIpc) is 2.29. The van der Waals surface area contributed by atoms with Crippen molar-refractivity contribution in [1.29, 1.82) is 5.41 Å². The molecule has 0 bridgehead atoms. The van der Waals surface area contributed by atoms with Crippen LogP contribution in [0, 0.1) is 5.41 Å². The molecule has 0 aromatic heterocycles. The summed E-state index contributed by atoms with van der Waals surface area (Å²) < 4.78 is 10.5.